The van der Waals surface area contributed by atoms with Gasteiger partial charge >= 0.3 is 0 Å². The molecular formula is C22H26N4O. The molecular weight excluding hydrogens is 336 g/mol. The second-order valence-electron chi connectivity index (χ2n) is 7.65. The minimum absolute atomic E-state index is 0.0308. The minimum Gasteiger partial charge on any atom is -0.378 e. The standard InChI is InChI=1S/C22H26N4O/c1-15-5-4-12-26-20(14-23-22(15)26)19(13-21(27)24-17-8-9-17)16-6-10-18(11-7-16)25(2)3/h4-7,10-12,14,17,19H,8-9,13H2,1-3H3,(H,24,27). The molecule has 2 heterocycles. The van der Waals surface area contributed by atoms with Gasteiger partial charge in [-0.2, -0.15) is 0 Å². The first-order valence-corrected chi connectivity index (χ1v) is 9.52. The maximum absolute atomic E-state index is 12.6. The molecule has 2 aromatic heterocycles. The number of nitrogens with one attached hydrogen (secondary N) is 1. The maximum atomic E-state index is 12.6. The van der Waals surface area contributed by atoms with Crippen LogP contribution in [0.25, 0.3) is 5.65 Å². The van der Waals surface area contributed by atoms with Crippen molar-refractivity contribution in [2.75, 3.05) is 19.0 Å². The molecule has 1 N–H and O–H groups in total. The molecule has 3 aromatic rings. The Labute approximate surface area is 160 Å². The quantitative estimate of drug-likeness (QED) is 0.730. The predicted molar refractivity (Wildman–Crippen MR) is 108 cm³/mol. The van der Waals surface area contributed by atoms with Gasteiger partial charge in [0.05, 0.1) is 5.69 Å². The monoisotopic (exact) mass is 362 g/mol. The largest absolute Gasteiger partial charge is 0.378 e. The number of carbonyl (C=O) groups excluding carboxylic acids is 1. The van der Waals surface area contributed by atoms with Crippen LogP contribution in [0.3, 0.4) is 0 Å². The van der Waals surface area contributed by atoms with Crippen LogP contribution in [0, 0.1) is 6.92 Å². The van der Waals surface area contributed by atoms with Crippen LogP contribution < -0.4 is 10.2 Å². The van der Waals surface area contributed by atoms with Crippen molar-refractivity contribution in [1.29, 1.82) is 0 Å². The van der Waals surface area contributed by atoms with Crippen LogP contribution in [0.2, 0.25) is 0 Å². The van der Waals surface area contributed by atoms with E-state index in [1.807, 2.05) is 32.6 Å². The zero-order valence-electron chi connectivity index (χ0n) is 16.1. The predicted octanol–water partition coefficient (Wildman–Crippen LogP) is 3.51. The van der Waals surface area contributed by atoms with Crippen molar-refractivity contribution in [1.82, 2.24) is 14.7 Å². The topological polar surface area (TPSA) is 49.6 Å². The molecule has 0 radical (unpaired) electrons. The minimum atomic E-state index is -0.0308. The van der Waals surface area contributed by atoms with Crippen LogP contribution in [-0.4, -0.2) is 35.4 Å². The lowest BCUT2D eigenvalue weighted by Gasteiger charge is -2.19. The number of aryl methyl sites for hydroxylation is 1. The number of hydrogen-bond donors (Lipinski definition) is 1. The van der Waals surface area contributed by atoms with Gasteiger partial charge in [0.1, 0.15) is 5.65 Å². The molecule has 4 rings (SSSR count). The first-order valence-electron chi connectivity index (χ1n) is 9.52. The fourth-order valence-electron chi connectivity index (χ4n) is 3.53. The number of anilines is 1. The number of hydrogen-bond acceptors (Lipinski definition) is 3. The van der Waals surface area contributed by atoms with Crippen molar-refractivity contribution in [2.45, 2.75) is 38.1 Å². The highest BCUT2D eigenvalue weighted by atomic mass is 16.1. The first kappa shape index (κ1) is 17.6. The molecule has 0 saturated heterocycles. The van der Waals surface area contributed by atoms with Crippen molar-refractivity contribution in [3.05, 3.63) is 65.6 Å². The number of benzene rings is 1. The zero-order valence-corrected chi connectivity index (χ0v) is 16.1. The SMILES string of the molecule is Cc1cccn2c(C(CC(=O)NC3CC3)c3ccc(N(C)C)cc3)cnc12. The molecule has 1 aliphatic rings. The molecule has 5 nitrogen and oxygen atoms in total. The summed E-state index contributed by atoms with van der Waals surface area (Å²) < 4.78 is 2.12. The van der Waals surface area contributed by atoms with Gasteiger partial charge < -0.3 is 14.6 Å². The summed E-state index contributed by atoms with van der Waals surface area (Å²) in [7, 11) is 4.06. The molecule has 0 bridgehead atoms. The van der Waals surface area contributed by atoms with Crippen LogP contribution in [0.4, 0.5) is 5.69 Å². The Morgan fingerprint density at radius 1 is 1.26 bits per heavy atom. The highest BCUT2D eigenvalue weighted by Gasteiger charge is 2.27. The Hall–Kier alpha value is -2.82. The molecule has 140 valence electrons. The van der Waals surface area contributed by atoms with Crippen molar-refractivity contribution in [3.63, 3.8) is 0 Å². The lowest BCUT2D eigenvalue weighted by atomic mass is 9.92. The van der Waals surface area contributed by atoms with Gasteiger partial charge in [-0.25, -0.2) is 4.98 Å². The maximum Gasteiger partial charge on any atom is 0.221 e. The number of carbonyl (C=O) groups is 1. The Morgan fingerprint density at radius 2 is 2.00 bits per heavy atom. The molecule has 1 aromatic carbocycles. The van der Waals surface area contributed by atoms with E-state index < -0.39 is 0 Å². The second-order valence-corrected chi connectivity index (χ2v) is 7.65. The van der Waals surface area contributed by atoms with Gasteiger partial charge in [0.2, 0.25) is 5.91 Å². The van der Waals surface area contributed by atoms with E-state index in [1.165, 1.54) is 0 Å². The van der Waals surface area contributed by atoms with E-state index in [0.29, 0.717) is 12.5 Å². The van der Waals surface area contributed by atoms with Gasteiger partial charge in [-0.1, -0.05) is 18.2 Å². The van der Waals surface area contributed by atoms with E-state index in [0.717, 1.165) is 41.0 Å². The number of rotatable bonds is 6. The molecule has 1 unspecified atom stereocenters. The molecule has 27 heavy (non-hydrogen) atoms. The summed E-state index contributed by atoms with van der Waals surface area (Å²) in [5.74, 6) is 0.0820. The van der Waals surface area contributed by atoms with Crippen LogP contribution in [0.5, 0.6) is 0 Å². The Kier molecular flexibility index (Phi) is 4.60. The number of fused-ring (bicyclic) bond motifs is 1. The fourth-order valence-corrected chi connectivity index (χ4v) is 3.53. The molecule has 1 aliphatic carbocycles. The third-order valence-corrected chi connectivity index (χ3v) is 5.26. The number of pyridine rings is 1. The third kappa shape index (κ3) is 3.68. The number of nitrogens with zero attached hydrogens (tertiary/aromatic N) is 3. The summed E-state index contributed by atoms with van der Waals surface area (Å²) in [5, 5.41) is 3.13. The molecule has 1 atom stereocenters. The molecule has 1 fully saturated rings. The average Bonchev–Trinajstić information content (AvgIpc) is 3.36. The second kappa shape index (κ2) is 7.06. The van der Waals surface area contributed by atoms with Crippen LogP contribution in [0.1, 0.15) is 42.0 Å². The molecule has 0 spiro atoms. The Morgan fingerprint density at radius 3 is 2.67 bits per heavy atom. The van der Waals surface area contributed by atoms with Gasteiger partial charge in [0.25, 0.3) is 0 Å². The highest BCUT2D eigenvalue weighted by molar-refractivity contribution is 5.78. The average molecular weight is 362 g/mol. The number of amides is 1. The van der Waals surface area contributed by atoms with E-state index in [1.54, 1.807) is 0 Å². The molecule has 1 saturated carbocycles. The lowest BCUT2D eigenvalue weighted by molar-refractivity contribution is -0.121. The van der Waals surface area contributed by atoms with Crippen molar-refractivity contribution in [2.24, 2.45) is 0 Å². The fraction of sp³-hybridized carbons (Fsp3) is 0.364. The normalized spacial score (nSPS) is 14.9. The van der Waals surface area contributed by atoms with Crippen LogP contribution in [-0.2, 0) is 4.79 Å². The summed E-state index contributed by atoms with van der Waals surface area (Å²) >= 11 is 0. The van der Waals surface area contributed by atoms with Gasteiger partial charge in [-0.15, -0.1) is 0 Å². The smallest absolute Gasteiger partial charge is 0.221 e. The van der Waals surface area contributed by atoms with Crippen LogP contribution in [0.15, 0.2) is 48.8 Å². The van der Waals surface area contributed by atoms with Gasteiger partial charge in [0.15, 0.2) is 0 Å². The number of aromatic nitrogens is 2. The van der Waals surface area contributed by atoms with Crippen molar-refractivity contribution in [3.8, 4) is 0 Å². The molecule has 0 aliphatic heterocycles. The van der Waals surface area contributed by atoms with Gasteiger partial charge in [0, 0.05) is 50.6 Å². The van der Waals surface area contributed by atoms with Gasteiger partial charge in [-0.3, -0.25) is 4.79 Å². The van der Waals surface area contributed by atoms with Crippen molar-refractivity contribution < 1.29 is 4.79 Å². The Bertz CT molecular complexity index is 954. The highest BCUT2D eigenvalue weighted by Crippen LogP contribution is 2.31. The lowest BCUT2D eigenvalue weighted by Crippen LogP contribution is -2.27. The Balaban J connectivity index is 1.72. The summed E-state index contributed by atoms with van der Waals surface area (Å²) in [5.41, 5.74) is 5.42. The van der Waals surface area contributed by atoms with Gasteiger partial charge in [-0.05, 0) is 49.1 Å². The van der Waals surface area contributed by atoms with E-state index in [-0.39, 0.29) is 11.8 Å². The molecule has 1 amide bonds. The summed E-state index contributed by atoms with van der Waals surface area (Å²) in [6.07, 6.45) is 6.58. The first-order chi connectivity index (χ1) is 13.0. The molecule has 5 heteroatoms. The third-order valence-electron chi connectivity index (χ3n) is 5.26. The summed E-state index contributed by atoms with van der Waals surface area (Å²) in [6, 6.07) is 12.9. The summed E-state index contributed by atoms with van der Waals surface area (Å²) in [6.45, 7) is 2.06. The number of imidazole rings is 1. The van der Waals surface area contributed by atoms with E-state index in [9.17, 15) is 4.79 Å². The van der Waals surface area contributed by atoms with E-state index >= 15 is 0 Å². The summed E-state index contributed by atoms with van der Waals surface area (Å²) in [4.78, 5) is 19.3. The van der Waals surface area contributed by atoms with E-state index in [2.05, 4.69) is 56.9 Å². The zero-order chi connectivity index (χ0) is 19.0. The van der Waals surface area contributed by atoms with Crippen molar-refractivity contribution >= 4 is 17.2 Å². The van der Waals surface area contributed by atoms with Crippen LogP contribution >= 0.6 is 0 Å². The van der Waals surface area contributed by atoms with E-state index in [4.69, 9.17) is 0 Å².